The molecule has 2 saturated heterocycles. The maximum absolute atomic E-state index is 14.2. The van der Waals surface area contributed by atoms with E-state index in [9.17, 15) is 18.8 Å². The van der Waals surface area contributed by atoms with Crippen LogP contribution in [0.5, 0.6) is 0 Å². The molecule has 1 aromatic rings. The number of carboxylic acid groups (broad SMARTS) is 1. The standard InChI is InChI=1S/C18H21FN2O4/c1-12(13-5-3-2-4-6-13)21-10-14(9-15(21)22)16(23)20-8-7-18(19,11-20)17(24)25/h2-6,12,14H,7-11H2,1H3,(H,24,25). The van der Waals surface area contributed by atoms with Crippen LogP contribution < -0.4 is 0 Å². The Morgan fingerprint density at radius 2 is 2.00 bits per heavy atom. The number of carbonyl (C=O) groups excluding carboxylic acids is 2. The van der Waals surface area contributed by atoms with Gasteiger partial charge in [0.15, 0.2) is 0 Å². The SMILES string of the molecule is CC(c1ccccc1)N1CC(C(=O)N2CCC(F)(C(=O)O)C2)CC1=O. The minimum absolute atomic E-state index is 0.0700. The third-order valence-electron chi connectivity index (χ3n) is 5.17. The maximum atomic E-state index is 14.2. The molecule has 3 rings (SSSR count). The maximum Gasteiger partial charge on any atom is 0.343 e. The molecule has 0 saturated carbocycles. The predicted octanol–water partition coefficient (Wildman–Crippen LogP) is 1.62. The number of hydrogen-bond donors (Lipinski definition) is 1. The molecule has 6 nitrogen and oxygen atoms in total. The van der Waals surface area contributed by atoms with E-state index >= 15 is 0 Å². The fraction of sp³-hybridized carbons (Fsp3) is 0.500. The Morgan fingerprint density at radius 1 is 1.32 bits per heavy atom. The third kappa shape index (κ3) is 3.23. The largest absolute Gasteiger partial charge is 0.479 e. The molecular formula is C18H21FN2O4. The highest BCUT2D eigenvalue weighted by Gasteiger charge is 2.49. The Morgan fingerprint density at radius 3 is 2.60 bits per heavy atom. The van der Waals surface area contributed by atoms with Gasteiger partial charge in [0.2, 0.25) is 17.5 Å². The number of carboxylic acids is 1. The highest BCUT2D eigenvalue weighted by molar-refractivity contribution is 5.90. The third-order valence-corrected chi connectivity index (χ3v) is 5.17. The Kier molecular flexibility index (Phi) is 4.49. The Balaban J connectivity index is 1.66. The molecule has 134 valence electrons. The molecule has 25 heavy (non-hydrogen) atoms. The topological polar surface area (TPSA) is 77.9 Å². The van der Waals surface area contributed by atoms with Crippen LogP contribution in [-0.2, 0) is 14.4 Å². The smallest absolute Gasteiger partial charge is 0.343 e. The van der Waals surface area contributed by atoms with Gasteiger partial charge >= 0.3 is 5.97 Å². The molecule has 3 atom stereocenters. The van der Waals surface area contributed by atoms with E-state index < -0.39 is 24.1 Å². The molecule has 7 heteroatoms. The van der Waals surface area contributed by atoms with Gasteiger partial charge in [-0.1, -0.05) is 30.3 Å². The van der Waals surface area contributed by atoms with Crippen molar-refractivity contribution < 1.29 is 23.9 Å². The van der Waals surface area contributed by atoms with E-state index in [1.807, 2.05) is 37.3 Å². The fourth-order valence-electron chi connectivity index (χ4n) is 3.58. The van der Waals surface area contributed by atoms with Crippen LogP contribution in [0, 0.1) is 5.92 Å². The summed E-state index contributed by atoms with van der Waals surface area (Å²) in [5.41, 5.74) is -1.39. The van der Waals surface area contributed by atoms with Crippen LogP contribution in [0.1, 0.15) is 31.4 Å². The van der Waals surface area contributed by atoms with Gasteiger partial charge in [-0.05, 0) is 12.5 Å². The quantitative estimate of drug-likeness (QED) is 0.897. The van der Waals surface area contributed by atoms with Crippen molar-refractivity contribution in [1.82, 2.24) is 9.80 Å². The monoisotopic (exact) mass is 348 g/mol. The van der Waals surface area contributed by atoms with E-state index in [-0.39, 0.29) is 43.8 Å². The summed E-state index contributed by atoms with van der Waals surface area (Å²) in [7, 11) is 0. The molecule has 1 aromatic carbocycles. The van der Waals surface area contributed by atoms with Gasteiger partial charge in [-0.3, -0.25) is 9.59 Å². The summed E-state index contributed by atoms with van der Waals surface area (Å²) in [6.07, 6.45) is -0.127. The zero-order chi connectivity index (χ0) is 18.2. The fourth-order valence-corrected chi connectivity index (χ4v) is 3.58. The second-order valence-corrected chi connectivity index (χ2v) is 6.81. The molecule has 2 fully saturated rings. The summed E-state index contributed by atoms with van der Waals surface area (Å²) in [4.78, 5) is 38.8. The van der Waals surface area contributed by atoms with Crippen LogP contribution in [0.3, 0.4) is 0 Å². The Labute approximate surface area is 145 Å². The van der Waals surface area contributed by atoms with Crippen LogP contribution in [0.25, 0.3) is 0 Å². The lowest BCUT2D eigenvalue weighted by molar-refractivity contribution is -0.150. The summed E-state index contributed by atoms with van der Waals surface area (Å²) in [5, 5.41) is 8.95. The minimum Gasteiger partial charge on any atom is -0.479 e. The van der Waals surface area contributed by atoms with Crippen molar-refractivity contribution >= 4 is 17.8 Å². The number of hydrogen-bond acceptors (Lipinski definition) is 3. The van der Waals surface area contributed by atoms with Crippen LogP contribution in [0.2, 0.25) is 0 Å². The number of alkyl halides is 1. The molecule has 2 aliphatic rings. The Hall–Kier alpha value is -2.44. The van der Waals surface area contributed by atoms with Gasteiger partial charge in [0.05, 0.1) is 18.5 Å². The second kappa shape index (κ2) is 6.46. The summed E-state index contributed by atoms with van der Waals surface area (Å²) in [6, 6.07) is 9.39. The van der Waals surface area contributed by atoms with E-state index in [1.54, 1.807) is 4.90 Å². The first-order chi connectivity index (χ1) is 11.8. The van der Waals surface area contributed by atoms with Gasteiger partial charge in [-0.25, -0.2) is 9.18 Å². The van der Waals surface area contributed by atoms with E-state index in [0.29, 0.717) is 0 Å². The number of likely N-dealkylation sites (tertiary alicyclic amines) is 2. The van der Waals surface area contributed by atoms with Crippen molar-refractivity contribution in [1.29, 1.82) is 0 Å². The van der Waals surface area contributed by atoms with Crippen LogP contribution >= 0.6 is 0 Å². The van der Waals surface area contributed by atoms with E-state index in [0.717, 1.165) is 5.56 Å². The van der Waals surface area contributed by atoms with Crippen molar-refractivity contribution in [2.45, 2.75) is 31.5 Å². The zero-order valence-electron chi connectivity index (χ0n) is 14.0. The summed E-state index contributed by atoms with van der Waals surface area (Å²) in [6.45, 7) is 1.81. The van der Waals surface area contributed by atoms with Crippen LogP contribution in [-0.4, -0.2) is 58.0 Å². The lowest BCUT2D eigenvalue weighted by atomic mass is 10.1. The minimum atomic E-state index is -2.38. The van der Waals surface area contributed by atoms with Gasteiger partial charge in [-0.15, -0.1) is 0 Å². The van der Waals surface area contributed by atoms with Crippen molar-refractivity contribution in [2.24, 2.45) is 5.92 Å². The van der Waals surface area contributed by atoms with Crippen LogP contribution in [0.4, 0.5) is 4.39 Å². The van der Waals surface area contributed by atoms with Crippen molar-refractivity contribution in [3.8, 4) is 0 Å². The molecule has 2 aliphatic heterocycles. The first-order valence-electron chi connectivity index (χ1n) is 8.37. The number of halogens is 1. The molecule has 2 heterocycles. The summed E-state index contributed by atoms with van der Waals surface area (Å²) >= 11 is 0. The normalized spacial score (nSPS) is 27.6. The number of amides is 2. The van der Waals surface area contributed by atoms with Crippen molar-refractivity contribution in [3.05, 3.63) is 35.9 Å². The van der Waals surface area contributed by atoms with Gasteiger partial charge in [-0.2, -0.15) is 0 Å². The second-order valence-electron chi connectivity index (χ2n) is 6.81. The van der Waals surface area contributed by atoms with Crippen LogP contribution in [0.15, 0.2) is 30.3 Å². The van der Waals surface area contributed by atoms with Gasteiger partial charge in [0.1, 0.15) is 0 Å². The molecule has 0 spiro atoms. The molecule has 3 unspecified atom stereocenters. The first kappa shape index (κ1) is 17.4. The van der Waals surface area contributed by atoms with Gasteiger partial charge in [0.25, 0.3) is 0 Å². The number of nitrogens with zero attached hydrogens (tertiary/aromatic N) is 2. The lowest BCUT2D eigenvalue weighted by Gasteiger charge is -2.26. The predicted molar refractivity (Wildman–Crippen MR) is 87.3 cm³/mol. The molecule has 2 amide bonds. The number of aliphatic carboxylic acids is 1. The van der Waals surface area contributed by atoms with E-state index in [4.69, 9.17) is 5.11 Å². The van der Waals surface area contributed by atoms with Crippen molar-refractivity contribution in [2.75, 3.05) is 19.6 Å². The number of carbonyl (C=O) groups is 3. The Bertz CT molecular complexity index is 696. The van der Waals surface area contributed by atoms with E-state index in [1.165, 1.54) is 4.90 Å². The highest BCUT2D eigenvalue weighted by Crippen LogP contribution is 2.32. The molecule has 0 aliphatic carbocycles. The first-order valence-corrected chi connectivity index (χ1v) is 8.37. The van der Waals surface area contributed by atoms with E-state index in [2.05, 4.69) is 0 Å². The number of benzene rings is 1. The van der Waals surface area contributed by atoms with Crippen molar-refractivity contribution in [3.63, 3.8) is 0 Å². The van der Waals surface area contributed by atoms with Gasteiger partial charge in [0, 0.05) is 25.9 Å². The molecular weight excluding hydrogens is 327 g/mol. The summed E-state index contributed by atoms with van der Waals surface area (Å²) in [5.74, 6) is -2.53. The zero-order valence-corrected chi connectivity index (χ0v) is 14.0. The molecule has 0 bridgehead atoms. The van der Waals surface area contributed by atoms with Gasteiger partial charge < -0.3 is 14.9 Å². The average molecular weight is 348 g/mol. The highest BCUT2D eigenvalue weighted by atomic mass is 19.1. The molecule has 0 radical (unpaired) electrons. The summed E-state index contributed by atoms with van der Waals surface area (Å²) < 4.78 is 14.2. The average Bonchev–Trinajstić information content (AvgIpc) is 3.19. The number of rotatable bonds is 4. The lowest BCUT2D eigenvalue weighted by Crippen LogP contribution is -2.41. The molecule has 0 aromatic heterocycles. The molecule has 1 N–H and O–H groups in total.